The van der Waals surface area contributed by atoms with Crippen LogP contribution >= 0.6 is 35.8 Å². The third-order valence-electron chi connectivity index (χ3n) is 4.08. The number of sulfonamides is 1. The van der Waals surface area contributed by atoms with Gasteiger partial charge in [0, 0.05) is 23.2 Å². The zero-order valence-corrected chi connectivity index (χ0v) is 18.3. The second-order valence-corrected chi connectivity index (χ2v) is 8.92. The number of aliphatic hydroxyl groups excluding tert-OH is 1. The van der Waals surface area contributed by atoms with Crippen molar-refractivity contribution in [2.24, 2.45) is 10.9 Å². The molecule has 154 valence electrons. The molecule has 2 aromatic carbocycles. The van der Waals surface area contributed by atoms with E-state index in [2.05, 4.69) is 4.98 Å². The van der Waals surface area contributed by atoms with E-state index in [0.29, 0.717) is 15.6 Å². The van der Waals surface area contributed by atoms with Gasteiger partial charge in [0.15, 0.2) is 0 Å². The van der Waals surface area contributed by atoms with E-state index >= 15 is 0 Å². The number of aliphatic hydroxyl groups is 1. The maximum absolute atomic E-state index is 11.4. The molecule has 0 aliphatic carbocycles. The summed E-state index contributed by atoms with van der Waals surface area (Å²) in [5.41, 5.74) is 9.05. The molecule has 3 rings (SSSR count). The number of rotatable bonds is 6. The molecule has 0 bridgehead atoms. The number of halogens is 2. The van der Waals surface area contributed by atoms with Crippen molar-refractivity contribution in [1.29, 1.82) is 0 Å². The molecule has 1 heterocycles. The number of nitrogens with zero attached hydrogens (tertiary/aromatic N) is 1. The summed E-state index contributed by atoms with van der Waals surface area (Å²) in [5.74, 6) is 0. The van der Waals surface area contributed by atoms with Gasteiger partial charge < -0.3 is 10.8 Å². The fourth-order valence-corrected chi connectivity index (χ4v) is 4.52. The van der Waals surface area contributed by atoms with Crippen molar-refractivity contribution in [3.63, 3.8) is 0 Å². The quantitative estimate of drug-likeness (QED) is 0.505. The van der Waals surface area contributed by atoms with Crippen LogP contribution in [0.15, 0.2) is 69.5 Å². The highest BCUT2D eigenvalue weighted by molar-refractivity contribution is 7.99. The first kappa shape index (κ1) is 23.6. The molecule has 0 aliphatic heterocycles. The fraction of sp³-hybridized carbons (Fsp3) is 0.105. The van der Waals surface area contributed by atoms with Gasteiger partial charge in [-0.2, -0.15) is 0 Å². The molecular weight excluding hydrogens is 453 g/mol. The summed E-state index contributed by atoms with van der Waals surface area (Å²) < 4.78 is 22.8. The minimum absolute atomic E-state index is 0. The van der Waals surface area contributed by atoms with E-state index in [1.165, 1.54) is 23.9 Å². The van der Waals surface area contributed by atoms with Crippen LogP contribution in [0.3, 0.4) is 0 Å². The Morgan fingerprint density at radius 3 is 2.34 bits per heavy atom. The van der Waals surface area contributed by atoms with Crippen LogP contribution in [0.25, 0.3) is 11.1 Å². The van der Waals surface area contributed by atoms with E-state index in [1.54, 1.807) is 36.5 Å². The smallest absolute Gasteiger partial charge is 0.238 e. The molecule has 0 fully saturated rings. The van der Waals surface area contributed by atoms with E-state index in [9.17, 15) is 13.5 Å². The monoisotopic (exact) mass is 471 g/mol. The van der Waals surface area contributed by atoms with Gasteiger partial charge in [0.2, 0.25) is 10.0 Å². The van der Waals surface area contributed by atoms with Crippen molar-refractivity contribution < 1.29 is 13.5 Å². The minimum Gasteiger partial charge on any atom is -0.392 e. The first-order chi connectivity index (χ1) is 13.3. The Labute approximate surface area is 184 Å². The molecule has 0 amide bonds. The van der Waals surface area contributed by atoms with Crippen LogP contribution < -0.4 is 10.9 Å². The van der Waals surface area contributed by atoms with E-state index in [4.69, 9.17) is 22.5 Å². The number of hydrogen-bond acceptors (Lipinski definition) is 6. The second kappa shape index (κ2) is 9.90. The Balaban J connectivity index is 0.00000300. The highest BCUT2D eigenvalue weighted by atomic mass is 35.5. The van der Waals surface area contributed by atoms with Crippen LogP contribution in [0.2, 0.25) is 5.02 Å². The topological polar surface area (TPSA) is 119 Å². The molecule has 0 atom stereocenters. The van der Waals surface area contributed by atoms with Gasteiger partial charge in [0.1, 0.15) is 5.03 Å². The standard InChI is InChI=1S/C19H18ClN3O3S2.ClH/c20-17-9-14(12-3-5-16(6-4-12)28(22,25)26)8-15(10-21)18(17)27-19-13(11-24)2-1-7-23-19;/h1-9,24H,10-11,21H2,(H2,22,25,26);1H. The number of primary sulfonamides is 1. The van der Waals surface area contributed by atoms with Crippen molar-refractivity contribution in [3.05, 3.63) is 70.9 Å². The Morgan fingerprint density at radius 1 is 1.07 bits per heavy atom. The van der Waals surface area contributed by atoms with Crippen LogP contribution in [-0.2, 0) is 23.2 Å². The summed E-state index contributed by atoms with van der Waals surface area (Å²) in [7, 11) is -3.75. The van der Waals surface area contributed by atoms with Crippen molar-refractivity contribution in [3.8, 4) is 11.1 Å². The molecule has 10 heteroatoms. The zero-order valence-electron chi connectivity index (χ0n) is 15.1. The van der Waals surface area contributed by atoms with Gasteiger partial charge in [-0.3, -0.25) is 0 Å². The predicted octanol–water partition coefficient (Wildman–Crippen LogP) is 3.57. The van der Waals surface area contributed by atoms with E-state index in [1.807, 2.05) is 6.07 Å². The molecule has 0 saturated heterocycles. The van der Waals surface area contributed by atoms with Crippen LogP contribution in [0.1, 0.15) is 11.1 Å². The lowest BCUT2D eigenvalue weighted by molar-refractivity contribution is 0.278. The molecule has 29 heavy (non-hydrogen) atoms. The van der Waals surface area contributed by atoms with Gasteiger partial charge in [-0.1, -0.05) is 41.6 Å². The summed E-state index contributed by atoms with van der Waals surface area (Å²) in [4.78, 5) is 5.12. The fourth-order valence-electron chi connectivity index (χ4n) is 2.65. The van der Waals surface area contributed by atoms with Gasteiger partial charge in [-0.25, -0.2) is 18.5 Å². The van der Waals surface area contributed by atoms with Crippen molar-refractivity contribution in [2.45, 2.75) is 28.0 Å². The molecule has 0 aliphatic rings. The first-order valence-electron chi connectivity index (χ1n) is 8.22. The van der Waals surface area contributed by atoms with Crippen LogP contribution in [0.5, 0.6) is 0 Å². The number of aromatic nitrogens is 1. The van der Waals surface area contributed by atoms with Gasteiger partial charge >= 0.3 is 0 Å². The molecule has 0 radical (unpaired) electrons. The van der Waals surface area contributed by atoms with Crippen molar-refractivity contribution >= 4 is 45.8 Å². The lowest BCUT2D eigenvalue weighted by atomic mass is 10.0. The normalized spacial score (nSPS) is 11.2. The Kier molecular flexibility index (Phi) is 8.07. The maximum atomic E-state index is 11.4. The van der Waals surface area contributed by atoms with Crippen molar-refractivity contribution in [1.82, 2.24) is 4.98 Å². The zero-order chi connectivity index (χ0) is 20.3. The van der Waals surface area contributed by atoms with E-state index in [-0.39, 0.29) is 30.5 Å². The number of pyridine rings is 1. The maximum Gasteiger partial charge on any atom is 0.238 e. The van der Waals surface area contributed by atoms with Gasteiger partial charge in [-0.05, 0) is 47.0 Å². The SMILES string of the molecule is Cl.NCc1cc(-c2ccc(S(N)(=O)=O)cc2)cc(Cl)c1Sc1ncccc1CO. The Bertz CT molecular complexity index is 1110. The largest absolute Gasteiger partial charge is 0.392 e. The first-order valence-corrected chi connectivity index (χ1v) is 11.0. The summed E-state index contributed by atoms with van der Waals surface area (Å²) >= 11 is 7.88. The third-order valence-corrected chi connectivity index (χ3v) is 6.66. The van der Waals surface area contributed by atoms with Gasteiger partial charge in [-0.15, -0.1) is 12.4 Å². The van der Waals surface area contributed by atoms with E-state index in [0.717, 1.165) is 21.6 Å². The highest BCUT2D eigenvalue weighted by Gasteiger charge is 2.15. The summed E-state index contributed by atoms with van der Waals surface area (Å²) in [6.45, 7) is 0.132. The molecule has 1 aromatic heterocycles. The molecular formula is C19H19Cl2N3O3S2. The Hall–Kier alpha value is -1.65. The third kappa shape index (κ3) is 5.49. The molecule has 3 aromatic rings. The summed E-state index contributed by atoms with van der Waals surface area (Å²) in [5, 5.41) is 15.8. The average Bonchev–Trinajstić information content (AvgIpc) is 2.69. The molecule has 0 unspecified atom stereocenters. The van der Waals surface area contributed by atoms with Crippen LogP contribution in [0, 0.1) is 0 Å². The molecule has 0 saturated carbocycles. The number of hydrogen-bond donors (Lipinski definition) is 3. The lowest BCUT2D eigenvalue weighted by Crippen LogP contribution is -2.11. The molecule has 6 nitrogen and oxygen atoms in total. The van der Waals surface area contributed by atoms with Gasteiger partial charge in [0.25, 0.3) is 0 Å². The van der Waals surface area contributed by atoms with Gasteiger partial charge in [0.05, 0.1) is 16.5 Å². The minimum atomic E-state index is -3.75. The average molecular weight is 472 g/mol. The van der Waals surface area contributed by atoms with Crippen LogP contribution in [-0.4, -0.2) is 18.5 Å². The number of nitrogens with two attached hydrogens (primary N) is 2. The van der Waals surface area contributed by atoms with Crippen molar-refractivity contribution in [2.75, 3.05) is 0 Å². The predicted molar refractivity (Wildman–Crippen MR) is 118 cm³/mol. The molecule has 5 N–H and O–H groups in total. The number of benzene rings is 2. The highest BCUT2D eigenvalue weighted by Crippen LogP contribution is 2.39. The lowest BCUT2D eigenvalue weighted by Gasteiger charge is -2.14. The summed E-state index contributed by atoms with van der Waals surface area (Å²) in [6, 6.07) is 13.5. The second-order valence-electron chi connectivity index (χ2n) is 5.95. The van der Waals surface area contributed by atoms with Crippen LogP contribution in [0.4, 0.5) is 0 Å². The molecule has 0 spiro atoms. The Morgan fingerprint density at radius 2 is 1.76 bits per heavy atom. The van der Waals surface area contributed by atoms with E-state index < -0.39 is 10.0 Å². The summed E-state index contributed by atoms with van der Waals surface area (Å²) in [6.07, 6.45) is 1.65.